The summed E-state index contributed by atoms with van der Waals surface area (Å²) in [6.07, 6.45) is 5.98. The van der Waals surface area contributed by atoms with Crippen molar-refractivity contribution < 1.29 is 9.90 Å². The van der Waals surface area contributed by atoms with Crippen molar-refractivity contribution in [2.75, 3.05) is 13.1 Å². The normalized spacial score (nSPS) is 16.4. The van der Waals surface area contributed by atoms with Gasteiger partial charge in [-0.15, -0.1) is 0 Å². The molecule has 0 radical (unpaired) electrons. The van der Waals surface area contributed by atoms with Crippen LogP contribution in [0, 0.1) is 0 Å². The molecule has 0 unspecified atom stereocenters. The number of aromatic carboxylic acids is 1. The zero-order chi connectivity index (χ0) is 12.5. The van der Waals surface area contributed by atoms with E-state index < -0.39 is 5.97 Å². The van der Waals surface area contributed by atoms with Crippen LogP contribution in [0.5, 0.6) is 0 Å². The summed E-state index contributed by atoms with van der Waals surface area (Å²) >= 11 is 0. The summed E-state index contributed by atoms with van der Waals surface area (Å²) < 4.78 is 1.88. The van der Waals surface area contributed by atoms with Gasteiger partial charge in [0.05, 0.1) is 17.5 Å². The smallest absolute Gasteiger partial charge is 0.337 e. The fourth-order valence-electron chi connectivity index (χ4n) is 2.44. The first-order valence-corrected chi connectivity index (χ1v) is 6.16. The highest BCUT2D eigenvalue weighted by atomic mass is 16.4. The van der Waals surface area contributed by atoms with Crippen molar-refractivity contribution >= 4 is 11.6 Å². The Balaban J connectivity index is 1.95. The van der Waals surface area contributed by atoms with E-state index in [9.17, 15) is 4.79 Å². The van der Waals surface area contributed by atoms with Gasteiger partial charge in [0.25, 0.3) is 0 Å². The Kier molecular flexibility index (Phi) is 2.76. The first-order valence-electron chi connectivity index (χ1n) is 6.16. The van der Waals surface area contributed by atoms with Crippen molar-refractivity contribution in [3.05, 3.63) is 35.8 Å². The molecule has 1 N–H and O–H groups in total. The molecule has 0 amide bonds. The Morgan fingerprint density at radius 2 is 2.11 bits per heavy atom. The molecule has 1 fully saturated rings. The van der Waals surface area contributed by atoms with Gasteiger partial charge >= 0.3 is 5.97 Å². The highest BCUT2D eigenvalue weighted by molar-refractivity contribution is 5.87. The third kappa shape index (κ3) is 1.97. The van der Waals surface area contributed by atoms with Gasteiger partial charge in [0.15, 0.2) is 0 Å². The minimum atomic E-state index is -0.905. The average molecular weight is 245 g/mol. The predicted molar refractivity (Wildman–Crippen MR) is 66.7 cm³/mol. The molecule has 5 heteroatoms. The summed E-state index contributed by atoms with van der Waals surface area (Å²) in [4.78, 5) is 17.7. The molecule has 18 heavy (non-hydrogen) atoms. The Morgan fingerprint density at radius 3 is 2.83 bits per heavy atom. The van der Waals surface area contributed by atoms with Crippen LogP contribution in [0.4, 0.5) is 0 Å². The molecule has 2 aromatic rings. The molecule has 2 aromatic heterocycles. The number of hydrogen-bond donors (Lipinski definition) is 1. The molecular weight excluding hydrogens is 230 g/mol. The maximum atomic E-state index is 11.0. The number of pyridine rings is 1. The monoisotopic (exact) mass is 245 g/mol. The zero-order valence-corrected chi connectivity index (χ0v) is 10.0. The number of likely N-dealkylation sites (tertiary alicyclic amines) is 1. The molecule has 5 nitrogen and oxygen atoms in total. The van der Waals surface area contributed by atoms with Gasteiger partial charge < -0.3 is 9.51 Å². The lowest BCUT2D eigenvalue weighted by Gasteiger charge is -2.13. The number of rotatable bonds is 3. The first-order chi connectivity index (χ1) is 8.74. The lowest BCUT2D eigenvalue weighted by atomic mass is 10.3. The van der Waals surface area contributed by atoms with Crippen LogP contribution in [-0.4, -0.2) is 38.4 Å². The van der Waals surface area contributed by atoms with Crippen molar-refractivity contribution in [2.45, 2.75) is 19.4 Å². The predicted octanol–water partition coefficient (Wildman–Crippen LogP) is 1.63. The van der Waals surface area contributed by atoms with Crippen molar-refractivity contribution in [1.82, 2.24) is 14.3 Å². The Morgan fingerprint density at radius 1 is 1.33 bits per heavy atom. The Bertz CT molecular complexity index is 585. The van der Waals surface area contributed by atoms with Crippen molar-refractivity contribution in [2.24, 2.45) is 0 Å². The van der Waals surface area contributed by atoms with Gasteiger partial charge in [0, 0.05) is 12.7 Å². The van der Waals surface area contributed by atoms with Crippen LogP contribution in [0.1, 0.15) is 28.9 Å². The van der Waals surface area contributed by atoms with Crippen LogP contribution in [0.3, 0.4) is 0 Å². The largest absolute Gasteiger partial charge is 0.478 e. The number of nitrogens with zero attached hydrogens (tertiary/aromatic N) is 3. The van der Waals surface area contributed by atoms with Crippen molar-refractivity contribution in [3.63, 3.8) is 0 Å². The third-order valence-electron chi connectivity index (χ3n) is 3.41. The van der Waals surface area contributed by atoms with E-state index in [1.54, 1.807) is 18.3 Å². The fraction of sp³-hybridized carbons (Fsp3) is 0.385. The molecular formula is C13H15N3O2. The van der Waals surface area contributed by atoms with E-state index in [0.29, 0.717) is 5.56 Å². The minimum Gasteiger partial charge on any atom is -0.478 e. The van der Waals surface area contributed by atoms with Gasteiger partial charge in [-0.2, -0.15) is 0 Å². The number of fused-ring (bicyclic) bond motifs is 1. The van der Waals surface area contributed by atoms with E-state index in [1.807, 2.05) is 10.6 Å². The number of aromatic nitrogens is 2. The summed E-state index contributed by atoms with van der Waals surface area (Å²) in [5.41, 5.74) is 2.15. The fourth-order valence-corrected chi connectivity index (χ4v) is 2.44. The highest BCUT2D eigenvalue weighted by Gasteiger charge is 2.14. The summed E-state index contributed by atoms with van der Waals surface area (Å²) in [6, 6.07) is 3.33. The third-order valence-corrected chi connectivity index (χ3v) is 3.41. The van der Waals surface area contributed by atoms with Crippen LogP contribution in [-0.2, 0) is 6.54 Å². The number of carbonyl (C=O) groups is 1. The maximum Gasteiger partial charge on any atom is 0.337 e. The van der Waals surface area contributed by atoms with Crippen LogP contribution in [0.15, 0.2) is 24.5 Å². The molecule has 0 aromatic carbocycles. The van der Waals surface area contributed by atoms with E-state index in [2.05, 4.69) is 9.88 Å². The quantitative estimate of drug-likeness (QED) is 0.893. The topological polar surface area (TPSA) is 57.8 Å². The molecule has 3 heterocycles. The number of carboxylic acid groups (broad SMARTS) is 1. The molecule has 3 rings (SSSR count). The van der Waals surface area contributed by atoms with Gasteiger partial charge in [0.1, 0.15) is 5.65 Å². The van der Waals surface area contributed by atoms with E-state index in [-0.39, 0.29) is 0 Å². The van der Waals surface area contributed by atoms with Crippen LogP contribution >= 0.6 is 0 Å². The molecule has 0 spiro atoms. The molecule has 1 aliphatic heterocycles. The van der Waals surface area contributed by atoms with Gasteiger partial charge in [-0.1, -0.05) is 0 Å². The van der Waals surface area contributed by atoms with Crippen LogP contribution in [0.25, 0.3) is 5.65 Å². The molecule has 1 aliphatic rings. The van der Waals surface area contributed by atoms with E-state index >= 15 is 0 Å². The second-order valence-electron chi connectivity index (χ2n) is 4.68. The summed E-state index contributed by atoms with van der Waals surface area (Å²) in [7, 11) is 0. The molecule has 0 aliphatic carbocycles. The second-order valence-corrected chi connectivity index (χ2v) is 4.68. The van der Waals surface area contributed by atoms with E-state index in [1.165, 1.54) is 12.8 Å². The second kappa shape index (κ2) is 4.42. The SMILES string of the molecule is O=C(O)c1ccc2ncc(CN3CCCC3)n2c1. The highest BCUT2D eigenvalue weighted by Crippen LogP contribution is 2.15. The summed E-state index contributed by atoms with van der Waals surface area (Å²) in [6.45, 7) is 3.07. The number of imidazole rings is 1. The van der Waals surface area contributed by atoms with Crippen LogP contribution in [0.2, 0.25) is 0 Å². The maximum absolute atomic E-state index is 11.0. The van der Waals surface area contributed by atoms with E-state index in [4.69, 9.17) is 5.11 Å². The van der Waals surface area contributed by atoms with Crippen molar-refractivity contribution in [3.8, 4) is 0 Å². The molecule has 1 saturated heterocycles. The number of hydrogen-bond acceptors (Lipinski definition) is 3. The molecule has 0 saturated carbocycles. The zero-order valence-electron chi connectivity index (χ0n) is 10.0. The molecule has 94 valence electrons. The summed E-state index contributed by atoms with van der Waals surface area (Å²) in [5, 5.41) is 9.01. The minimum absolute atomic E-state index is 0.295. The van der Waals surface area contributed by atoms with Gasteiger partial charge in [-0.3, -0.25) is 4.90 Å². The van der Waals surface area contributed by atoms with E-state index in [0.717, 1.165) is 31.0 Å². The van der Waals surface area contributed by atoms with Gasteiger partial charge in [0.2, 0.25) is 0 Å². The Labute approximate surface area is 105 Å². The van der Waals surface area contributed by atoms with Gasteiger partial charge in [-0.05, 0) is 38.1 Å². The summed E-state index contributed by atoms with van der Waals surface area (Å²) in [5.74, 6) is -0.905. The lowest BCUT2D eigenvalue weighted by molar-refractivity contribution is 0.0696. The standard InChI is InChI=1S/C13H15N3O2/c17-13(18)10-3-4-12-14-7-11(16(12)8-10)9-15-5-1-2-6-15/h3-4,7-8H,1-2,5-6,9H2,(H,17,18). The molecule has 0 bridgehead atoms. The Hall–Kier alpha value is -1.88. The first kappa shape index (κ1) is 11.2. The molecule has 0 atom stereocenters. The van der Waals surface area contributed by atoms with Crippen LogP contribution < -0.4 is 0 Å². The van der Waals surface area contributed by atoms with Crippen molar-refractivity contribution in [1.29, 1.82) is 0 Å². The lowest BCUT2D eigenvalue weighted by Crippen LogP contribution is -2.19. The average Bonchev–Trinajstić information content (AvgIpc) is 2.99. The van der Waals surface area contributed by atoms with Gasteiger partial charge in [-0.25, -0.2) is 9.78 Å². The number of carboxylic acids is 1.